The molecule has 14 heavy (non-hydrogen) atoms. The highest BCUT2D eigenvalue weighted by Crippen LogP contribution is 2.09. The summed E-state index contributed by atoms with van der Waals surface area (Å²) in [7, 11) is 0. The highest BCUT2D eigenvalue weighted by molar-refractivity contribution is 5.75. The van der Waals surface area contributed by atoms with E-state index < -0.39 is 0 Å². The van der Waals surface area contributed by atoms with Gasteiger partial charge in [-0.05, 0) is 27.7 Å². The number of carbonyl (C=O) groups is 1. The molecular weight excluding hydrogens is 195 g/mol. The summed E-state index contributed by atoms with van der Waals surface area (Å²) in [6.45, 7) is 7.82. The molecule has 0 aliphatic rings. The second-order valence-corrected chi connectivity index (χ2v) is 3.54. The molecule has 0 aliphatic carbocycles. The number of hydrogen-bond donors (Lipinski definition) is 0. The molecule has 0 rings (SSSR count). The van der Waals surface area contributed by atoms with Crippen LogP contribution in [-0.4, -0.2) is 42.1 Å². The van der Waals surface area contributed by atoms with Crippen LogP contribution in [0.25, 0.3) is 0 Å². The Morgan fingerprint density at radius 3 is 1.79 bits per heavy atom. The Labute approximate surface area is 97.3 Å². The van der Waals surface area contributed by atoms with E-state index in [1.807, 2.05) is 27.7 Å². The van der Waals surface area contributed by atoms with Gasteiger partial charge in [0, 0.05) is 12.8 Å². The summed E-state index contributed by atoms with van der Waals surface area (Å²) in [6.07, 6.45) is 2.04. The lowest BCUT2D eigenvalue weighted by Crippen LogP contribution is -2.24. The molecule has 0 heterocycles. The first kappa shape index (κ1) is 16.5. The van der Waals surface area contributed by atoms with Crippen molar-refractivity contribution < 1.29 is 14.3 Å². The van der Waals surface area contributed by atoms with Gasteiger partial charge in [-0.1, -0.05) is 0 Å². The third-order valence-electron chi connectivity index (χ3n) is 1.37. The molecule has 0 amide bonds. The molecule has 0 spiro atoms. The number of ether oxygens (including phenoxy) is 2. The van der Waals surface area contributed by atoms with Crippen LogP contribution >= 0.6 is 0 Å². The molecule has 0 aromatic rings. The SMILES string of the molecule is CC(C)OC(CCC=O)OC(C)C.[AlH3]. The molecule has 0 aromatic heterocycles. The van der Waals surface area contributed by atoms with Crippen molar-refractivity contribution in [3.63, 3.8) is 0 Å². The van der Waals surface area contributed by atoms with Gasteiger partial charge in [0.2, 0.25) is 0 Å². The lowest BCUT2D eigenvalue weighted by Gasteiger charge is -2.22. The third-order valence-corrected chi connectivity index (χ3v) is 1.37. The van der Waals surface area contributed by atoms with Crippen molar-refractivity contribution in [1.29, 1.82) is 0 Å². The van der Waals surface area contributed by atoms with Crippen LogP contribution in [0.3, 0.4) is 0 Å². The smallest absolute Gasteiger partial charge is 0.187 e. The van der Waals surface area contributed by atoms with Gasteiger partial charge in [0.15, 0.2) is 23.7 Å². The first-order chi connectivity index (χ1) is 6.06. The minimum atomic E-state index is -0.245. The first-order valence-electron chi connectivity index (χ1n) is 4.80. The first-order valence-corrected chi connectivity index (χ1v) is 4.80. The molecular formula is C10H23AlO3. The summed E-state index contributed by atoms with van der Waals surface area (Å²) in [4.78, 5) is 10.2. The van der Waals surface area contributed by atoms with Crippen molar-refractivity contribution in [2.75, 3.05) is 0 Å². The Morgan fingerprint density at radius 2 is 1.50 bits per heavy atom. The minimum Gasteiger partial charge on any atom is -0.350 e. The highest BCUT2D eigenvalue weighted by Gasteiger charge is 2.12. The lowest BCUT2D eigenvalue weighted by molar-refractivity contribution is -0.184. The van der Waals surface area contributed by atoms with E-state index in [1.165, 1.54) is 0 Å². The van der Waals surface area contributed by atoms with Crippen LogP contribution in [0.4, 0.5) is 0 Å². The van der Waals surface area contributed by atoms with Crippen molar-refractivity contribution in [2.45, 2.75) is 59.0 Å². The Hall–Kier alpha value is 0.122. The largest absolute Gasteiger partial charge is 0.350 e. The van der Waals surface area contributed by atoms with Gasteiger partial charge in [-0.3, -0.25) is 0 Å². The van der Waals surface area contributed by atoms with E-state index in [-0.39, 0.29) is 35.9 Å². The van der Waals surface area contributed by atoms with Crippen LogP contribution in [0.5, 0.6) is 0 Å². The molecule has 0 aromatic carbocycles. The van der Waals surface area contributed by atoms with Crippen LogP contribution in [0.1, 0.15) is 40.5 Å². The Balaban J connectivity index is 0. The van der Waals surface area contributed by atoms with Crippen molar-refractivity contribution in [3.8, 4) is 0 Å². The molecule has 4 heteroatoms. The van der Waals surface area contributed by atoms with Gasteiger partial charge in [0.1, 0.15) is 6.29 Å². The van der Waals surface area contributed by atoms with Crippen LogP contribution in [0.15, 0.2) is 0 Å². The van der Waals surface area contributed by atoms with Gasteiger partial charge in [-0.2, -0.15) is 0 Å². The van der Waals surface area contributed by atoms with Crippen molar-refractivity contribution in [1.82, 2.24) is 0 Å². The molecule has 84 valence electrons. The zero-order valence-corrected chi connectivity index (χ0v) is 8.95. The van der Waals surface area contributed by atoms with Crippen LogP contribution in [-0.2, 0) is 14.3 Å². The fraction of sp³-hybridized carbons (Fsp3) is 0.900. The lowest BCUT2D eigenvalue weighted by atomic mass is 10.3. The predicted octanol–water partition coefficient (Wildman–Crippen LogP) is 0.958. The molecule has 0 atom stereocenters. The third kappa shape index (κ3) is 10.2. The Bertz CT molecular complexity index is 127. The van der Waals surface area contributed by atoms with Gasteiger partial charge >= 0.3 is 0 Å². The molecule has 0 unspecified atom stereocenters. The number of hydrogen-bond acceptors (Lipinski definition) is 3. The van der Waals surface area contributed by atoms with E-state index in [9.17, 15) is 4.79 Å². The molecule has 0 radical (unpaired) electrons. The zero-order chi connectivity index (χ0) is 10.3. The fourth-order valence-corrected chi connectivity index (χ4v) is 0.979. The van der Waals surface area contributed by atoms with E-state index in [0.29, 0.717) is 12.8 Å². The van der Waals surface area contributed by atoms with E-state index in [2.05, 4.69) is 0 Å². The van der Waals surface area contributed by atoms with Crippen molar-refractivity contribution in [2.24, 2.45) is 0 Å². The summed E-state index contributed by atoms with van der Waals surface area (Å²) >= 11 is 0. The van der Waals surface area contributed by atoms with Crippen LogP contribution in [0.2, 0.25) is 0 Å². The van der Waals surface area contributed by atoms with Crippen molar-refractivity contribution in [3.05, 3.63) is 0 Å². The molecule has 0 saturated carbocycles. The van der Waals surface area contributed by atoms with E-state index in [1.54, 1.807) is 0 Å². The average Bonchev–Trinajstić information content (AvgIpc) is 1.98. The Morgan fingerprint density at radius 1 is 1.07 bits per heavy atom. The number of aldehydes is 1. The predicted molar refractivity (Wildman–Crippen MR) is 61.5 cm³/mol. The van der Waals surface area contributed by atoms with E-state index >= 15 is 0 Å². The van der Waals surface area contributed by atoms with E-state index in [0.717, 1.165) is 6.29 Å². The van der Waals surface area contributed by atoms with Crippen LogP contribution in [0, 0.1) is 0 Å². The quantitative estimate of drug-likeness (QED) is 0.363. The topological polar surface area (TPSA) is 35.5 Å². The Kier molecular flexibility index (Phi) is 11.4. The van der Waals surface area contributed by atoms with Gasteiger partial charge in [0.25, 0.3) is 0 Å². The summed E-state index contributed by atoms with van der Waals surface area (Å²) in [5, 5.41) is 0. The van der Waals surface area contributed by atoms with Crippen LogP contribution < -0.4 is 0 Å². The number of carbonyl (C=O) groups excluding carboxylic acids is 1. The second-order valence-electron chi connectivity index (χ2n) is 3.54. The molecule has 0 bridgehead atoms. The molecule has 0 fully saturated rings. The van der Waals surface area contributed by atoms with Gasteiger partial charge < -0.3 is 14.3 Å². The standard InChI is InChI=1S/C10H20O3.Al.3H/c1-8(2)12-10(6-5-7-11)13-9(3)4;;;;/h7-10H,5-6H2,1-4H3;;;;. The summed E-state index contributed by atoms with van der Waals surface area (Å²) < 4.78 is 11.0. The summed E-state index contributed by atoms with van der Waals surface area (Å²) in [5.74, 6) is 0. The molecule has 3 nitrogen and oxygen atoms in total. The highest BCUT2D eigenvalue weighted by atomic mass is 27.0. The monoisotopic (exact) mass is 218 g/mol. The zero-order valence-electron chi connectivity index (χ0n) is 8.95. The van der Waals surface area contributed by atoms with Gasteiger partial charge in [-0.15, -0.1) is 0 Å². The fourth-order valence-electron chi connectivity index (χ4n) is 0.979. The maximum absolute atomic E-state index is 10.2. The van der Waals surface area contributed by atoms with Gasteiger partial charge in [0.05, 0.1) is 12.2 Å². The normalized spacial score (nSPS) is 10.8. The average molecular weight is 218 g/mol. The van der Waals surface area contributed by atoms with Crippen molar-refractivity contribution >= 4 is 23.6 Å². The summed E-state index contributed by atoms with van der Waals surface area (Å²) in [6, 6.07) is 0. The molecule has 0 aliphatic heterocycles. The maximum Gasteiger partial charge on any atom is 0.187 e. The second kappa shape index (κ2) is 9.67. The molecule has 0 N–H and O–H groups in total. The van der Waals surface area contributed by atoms with E-state index in [4.69, 9.17) is 9.47 Å². The van der Waals surface area contributed by atoms with Gasteiger partial charge in [-0.25, -0.2) is 0 Å². The minimum absolute atomic E-state index is 0. The number of rotatable bonds is 7. The molecule has 0 saturated heterocycles. The summed E-state index contributed by atoms with van der Waals surface area (Å²) in [5.41, 5.74) is 0. The maximum atomic E-state index is 10.2.